The third-order valence-electron chi connectivity index (χ3n) is 1.44. The molecule has 0 aliphatic rings. The van der Waals surface area contributed by atoms with Crippen molar-refractivity contribution in [1.82, 2.24) is 15.0 Å². The molecule has 2 aromatic rings. The average Bonchev–Trinajstić information content (AvgIpc) is 2.05. The third kappa shape index (κ3) is 1.16. The van der Waals surface area contributed by atoms with Crippen LogP contribution in [0.4, 0.5) is 0 Å². The second kappa shape index (κ2) is 2.57. The molecular weight excluding hydrogens is 178 g/mol. The van der Waals surface area contributed by atoms with Crippen LogP contribution in [0.15, 0.2) is 23.1 Å². The zero-order valence-corrected chi connectivity index (χ0v) is 6.67. The molecule has 0 fully saturated rings. The Hall–Kier alpha value is -1.42. The summed E-state index contributed by atoms with van der Waals surface area (Å²) in [7, 11) is 0. The van der Waals surface area contributed by atoms with Crippen molar-refractivity contribution in [2.75, 3.05) is 0 Å². The standard InChI is InChI=1S/C7H4ClN3O/c8-7-9-3-5-4(11-7)1-2-6(12)10-5/h1-3H,(H,10,12). The third-order valence-corrected chi connectivity index (χ3v) is 1.62. The maximum absolute atomic E-state index is 10.8. The molecule has 2 aromatic heterocycles. The van der Waals surface area contributed by atoms with Gasteiger partial charge in [0.2, 0.25) is 10.8 Å². The lowest BCUT2D eigenvalue weighted by atomic mass is 10.4. The molecule has 0 spiro atoms. The highest BCUT2D eigenvalue weighted by Crippen LogP contribution is 2.06. The number of H-pyrrole nitrogens is 1. The lowest BCUT2D eigenvalue weighted by Crippen LogP contribution is -2.03. The largest absolute Gasteiger partial charge is 0.319 e. The first kappa shape index (κ1) is 7.24. The van der Waals surface area contributed by atoms with E-state index in [1.54, 1.807) is 6.07 Å². The first-order valence-electron chi connectivity index (χ1n) is 3.27. The summed E-state index contributed by atoms with van der Waals surface area (Å²) in [5, 5.41) is 0.176. The minimum Gasteiger partial charge on any atom is -0.319 e. The molecule has 0 aliphatic heterocycles. The van der Waals surface area contributed by atoms with E-state index < -0.39 is 0 Å². The molecule has 0 radical (unpaired) electrons. The van der Waals surface area contributed by atoms with Gasteiger partial charge in [-0.2, -0.15) is 0 Å². The van der Waals surface area contributed by atoms with Crippen LogP contribution in [-0.2, 0) is 0 Å². The molecule has 60 valence electrons. The van der Waals surface area contributed by atoms with E-state index in [1.165, 1.54) is 12.3 Å². The van der Waals surface area contributed by atoms with Crippen LogP contribution in [0.5, 0.6) is 0 Å². The van der Waals surface area contributed by atoms with Crippen LogP contribution in [0.2, 0.25) is 5.28 Å². The summed E-state index contributed by atoms with van der Waals surface area (Å²) in [4.78, 5) is 21.0. The number of fused-ring (bicyclic) bond motifs is 1. The van der Waals surface area contributed by atoms with Gasteiger partial charge < -0.3 is 4.98 Å². The molecule has 0 amide bonds. The number of hydrogen-bond acceptors (Lipinski definition) is 3. The van der Waals surface area contributed by atoms with Crippen LogP contribution in [-0.4, -0.2) is 15.0 Å². The van der Waals surface area contributed by atoms with Crippen molar-refractivity contribution in [3.63, 3.8) is 0 Å². The number of nitrogens with zero attached hydrogens (tertiary/aromatic N) is 2. The summed E-state index contributed by atoms with van der Waals surface area (Å²) in [5.74, 6) is 0. The van der Waals surface area contributed by atoms with Crippen molar-refractivity contribution in [3.05, 3.63) is 34.0 Å². The quantitative estimate of drug-likeness (QED) is 0.617. The molecule has 12 heavy (non-hydrogen) atoms. The zero-order valence-electron chi connectivity index (χ0n) is 5.91. The molecule has 5 heteroatoms. The van der Waals surface area contributed by atoms with Crippen LogP contribution in [0, 0.1) is 0 Å². The molecule has 4 nitrogen and oxygen atoms in total. The molecule has 1 N–H and O–H groups in total. The first-order chi connectivity index (χ1) is 5.75. The highest BCUT2D eigenvalue weighted by atomic mass is 35.5. The Morgan fingerprint density at radius 3 is 3.08 bits per heavy atom. The monoisotopic (exact) mass is 181 g/mol. The molecule has 2 rings (SSSR count). The number of hydrogen-bond donors (Lipinski definition) is 1. The van der Waals surface area contributed by atoms with Gasteiger partial charge in [-0.15, -0.1) is 0 Å². The highest BCUT2D eigenvalue weighted by molar-refractivity contribution is 6.28. The molecule has 0 bridgehead atoms. The summed E-state index contributed by atoms with van der Waals surface area (Å²) in [6.07, 6.45) is 1.48. The van der Waals surface area contributed by atoms with E-state index in [-0.39, 0.29) is 10.8 Å². The van der Waals surface area contributed by atoms with Crippen LogP contribution in [0.1, 0.15) is 0 Å². The molecule has 0 unspecified atom stereocenters. The first-order valence-corrected chi connectivity index (χ1v) is 3.65. The van der Waals surface area contributed by atoms with Crippen molar-refractivity contribution in [2.45, 2.75) is 0 Å². The topological polar surface area (TPSA) is 58.6 Å². The summed E-state index contributed by atoms with van der Waals surface area (Å²) >= 11 is 5.54. The molecule has 0 atom stereocenters. The van der Waals surface area contributed by atoms with E-state index in [2.05, 4.69) is 15.0 Å². The number of aromatic amines is 1. The van der Waals surface area contributed by atoms with Crippen LogP contribution < -0.4 is 5.56 Å². The maximum atomic E-state index is 10.8. The lowest BCUT2D eigenvalue weighted by molar-refractivity contribution is 1.18. The summed E-state index contributed by atoms with van der Waals surface area (Å²) in [6.45, 7) is 0. The molecular formula is C7H4ClN3O. The number of nitrogens with one attached hydrogen (secondary N) is 1. The predicted octanol–water partition coefficient (Wildman–Crippen LogP) is 0.971. The van der Waals surface area contributed by atoms with E-state index in [9.17, 15) is 4.79 Å². The maximum Gasteiger partial charge on any atom is 0.248 e. The van der Waals surface area contributed by atoms with Crippen molar-refractivity contribution in [2.24, 2.45) is 0 Å². The van der Waals surface area contributed by atoms with Gasteiger partial charge in [-0.3, -0.25) is 4.79 Å². The van der Waals surface area contributed by atoms with Crippen LogP contribution in [0.25, 0.3) is 11.0 Å². The van der Waals surface area contributed by atoms with E-state index in [4.69, 9.17) is 11.6 Å². The fourth-order valence-corrected chi connectivity index (χ4v) is 1.06. The van der Waals surface area contributed by atoms with Gasteiger partial charge in [0.1, 0.15) is 0 Å². The van der Waals surface area contributed by atoms with Gasteiger partial charge in [-0.25, -0.2) is 9.97 Å². The van der Waals surface area contributed by atoms with Crippen molar-refractivity contribution in [1.29, 1.82) is 0 Å². The van der Waals surface area contributed by atoms with Gasteiger partial charge in [0.05, 0.1) is 17.2 Å². The summed E-state index contributed by atoms with van der Waals surface area (Å²) in [6, 6.07) is 2.99. The molecule has 0 saturated heterocycles. The molecule has 0 saturated carbocycles. The second-order valence-electron chi connectivity index (χ2n) is 2.26. The van der Waals surface area contributed by atoms with Gasteiger partial charge >= 0.3 is 0 Å². The SMILES string of the molecule is O=c1ccc2nc(Cl)ncc2[nH]1. The fraction of sp³-hybridized carbons (Fsp3) is 0. The molecule has 2 heterocycles. The zero-order chi connectivity index (χ0) is 8.55. The smallest absolute Gasteiger partial charge is 0.248 e. The Morgan fingerprint density at radius 2 is 2.25 bits per heavy atom. The number of halogens is 1. The Labute approximate surface area is 72.2 Å². The van der Waals surface area contributed by atoms with E-state index in [0.29, 0.717) is 11.0 Å². The van der Waals surface area contributed by atoms with Crippen LogP contribution in [0.3, 0.4) is 0 Å². The lowest BCUT2D eigenvalue weighted by Gasteiger charge is -1.94. The normalized spacial score (nSPS) is 10.4. The van der Waals surface area contributed by atoms with Gasteiger partial charge in [0, 0.05) is 6.07 Å². The molecule has 0 aliphatic carbocycles. The predicted molar refractivity (Wildman–Crippen MR) is 45.2 cm³/mol. The Kier molecular flexibility index (Phi) is 1.55. The Morgan fingerprint density at radius 1 is 1.42 bits per heavy atom. The number of pyridine rings is 1. The number of aromatic nitrogens is 3. The minimum atomic E-state index is -0.173. The number of rotatable bonds is 0. The summed E-state index contributed by atoms with van der Waals surface area (Å²) in [5.41, 5.74) is 1.05. The van der Waals surface area contributed by atoms with E-state index in [0.717, 1.165) is 0 Å². The van der Waals surface area contributed by atoms with Crippen LogP contribution >= 0.6 is 11.6 Å². The van der Waals surface area contributed by atoms with Gasteiger partial charge in [-0.05, 0) is 17.7 Å². The van der Waals surface area contributed by atoms with Crippen molar-refractivity contribution in [3.8, 4) is 0 Å². The van der Waals surface area contributed by atoms with Gasteiger partial charge in [0.15, 0.2) is 0 Å². The van der Waals surface area contributed by atoms with E-state index in [1.807, 2.05) is 0 Å². The van der Waals surface area contributed by atoms with E-state index >= 15 is 0 Å². The van der Waals surface area contributed by atoms with Crippen molar-refractivity contribution < 1.29 is 0 Å². The highest BCUT2D eigenvalue weighted by Gasteiger charge is 1.96. The second-order valence-corrected chi connectivity index (χ2v) is 2.60. The average molecular weight is 182 g/mol. The molecule has 0 aromatic carbocycles. The Balaban J connectivity index is 2.87. The fourth-order valence-electron chi connectivity index (χ4n) is 0.925. The minimum absolute atomic E-state index is 0.173. The van der Waals surface area contributed by atoms with Gasteiger partial charge in [-0.1, -0.05) is 0 Å². The van der Waals surface area contributed by atoms with Crippen molar-refractivity contribution >= 4 is 22.6 Å². The summed E-state index contributed by atoms with van der Waals surface area (Å²) < 4.78 is 0. The van der Waals surface area contributed by atoms with Gasteiger partial charge in [0.25, 0.3) is 0 Å². The Bertz CT molecular complexity index is 479.